The number of nitrogens with one attached hydrogen (secondary N) is 1. The Morgan fingerprint density at radius 3 is 2.86 bits per heavy atom. The average molecular weight is 293 g/mol. The summed E-state index contributed by atoms with van der Waals surface area (Å²) < 4.78 is 7.20. The zero-order chi connectivity index (χ0) is 15.1. The standard InChI is InChI=1S/C15H11N5O2/c16-9-4-3-5-10(8-9)22-14-13-18-19-15(21)20(13)12-7-2-1-6-11(12)17-14/h1-8H,16H2,(H,19,21). The molecule has 3 N–H and O–H groups in total. The summed E-state index contributed by atoms with van der Waals surface area (Å²) in [5.74, 6) is 0.766. The van der Waals surface area contributed by atoms with Crippen molar-refractivity contribution in [1.82, 2.24) is 19.6 Å². The summed E-state index contributed by atoms with van der Waals surface area (Å²) in [7, 11) is 0. The molecule has 0 aliphatic rings. The van der Waals surface area contributed by atoms with Crippen LogP contribution in [0.2, 0.25) is 0 Å². The number of hydrogen-bond donors (Lipinski definition) is 2. The van der Waals surface area contributed by atoms with Gasteiger partial charge in [-0.3, -0.25) is 0 Å². The number of nitrogen functional groups attached to an aromatic ring is 1. The first-order valence-corrected chi connectivity index (χ1v) is 6.62. The molecule has 0 aliphatic heterocycles. The van der Waals surface area contributed by atoms with Crippen molar-refractivity contribution in [2.75, 3.05) is 5.73 Å². The van der Waals surface area contributed by atoms with E-state index in [1.807, 2.05) is 12.1 Å². The first-order chi connectivity index (χ1) is 10.7. The highest BCUT2D eigenvalue weighted by atomic mass is 16.5. The number of H-pyrrole nitrogens is 1. The van der Waals surface area contributed by atoms with Gasteiger partial charge in [0.2, 0.25) is 5.65 Å². The number of aromatic nitrogens is 4. The number of fused-ring (bicyclic) bond motifs is 3. The zero-order valence-electron chi connectivity index (χ0n) is 11.4. The lowest BCUT2D eigenvalue weighted by Crippen LogP contribution is -2.11. The maximum Gasteiger partial charge on any atom is 0.348 e. The normalized spacial score (nSPS) is 11.1. The Labute approximate surface area is 124 Å². The fourth-order valence-electron chi connectivity index (χ4n) is 2.33. The first kappa shape index (κ1) is 12.4. The van der Waals surface area contributed by atoms with E-state index in [2.05, 4.69) is 15.2 Å². The van der Waals surface area contributed by atoms with E-state index < -0.39 is 0 Å². The minimum Gasteiger partial charge on any atom is -0.436 e. The van der Waals surface area contributed by atoms with E-state index in [-0.39, 0.29) is 11.6 Å². The molecule has 0 radical (unpaired) electrons. The highest BCUT2D eigenvalue weighted by Crippen LogP contribution is 2.26. The summed E-state index contributed by atoms with van der Waals surface area (Å²) in [5.41, 5.74) is 7.60. The summed E-state index contributed by atoms with van der Waals surface area (Å²) in [4.78, 5) is 16.4. The first-order valence-electron chi connectivity index (χ1n) is 6.62. The minimum absolute atomic E-state index is 0.239. The minimum atomic E-state index is -0.342. The van der Waals surface area contributed by atoms with E-state index in [0.717, 1.165) is 0 Å². The Morgan fingerprint density at radius 2 is 2.00 bits per heavy atom. The van der Waals surface area contributed by atoms with Gasteiger partial charge < -0.3 is 10.5 Å². The van der Waals surface area contributed by atoms with Crippen molar-refractivity contribution in [2.45, 2.75) is 0 Å². The van der Waals surface area contributed by atoms with Crippen LogP contribution < -0.4 is 16.2 Å². The molecule has 108 valence electrons. The van der Waals surface area contributed by atoms with Crippen LogP contribution in [0.4, 0.5) is 5.69 Å². The van der Waals surface area contributed by atoms with Gasteiger partial charge in [0.05, 0.1) is 11.0 Å². The van der Waals surface area contributed by atoms with E-state index in [4.69, 9.17) is 10.5 Å². The van der Waals surface area contributed by atoms with Gasteiger partial charge in [0.25, 0.3) is 5.88 Å². The van der Waals surface area contributed by atoms with Crippen LogP contribution in [0.3, 0.4) is 0 Å². The van der Waals surface area contributed by atoms with Gasteiger partial charge in [-0.2, -0.15) is 0 Å². The molecule has 2 aromatic carbocycles. The molecule has 2 heterocycles. The SMILES string of the molecule is Nc1cccc(Oc2nc3ccccc3n3c(=O)[nH]nc23)c1. The second-order valence-corrected chi connectivity index (χ2v) is 4.77. The molecule has 0 atom stereocenters. The van der Waals surface area contributed by atoms with Crippen LogP contribution in [-0.4, -0.2) is 19.6 Å². The Bertz CT molecular complexity index is 1050. The third-order valence-corrected chi connectivity index (χ3v) is 3.28. The number of benzene rings is 2. The van der Waals surface area contributed by atoms with Crippen molar-refractivity contribution in [1.29, 1.82) is 0 Å². The van der Waals surface area contributed by atoms with Gasteiger partial charge >= 0.3 is 5.69 Å². The van der Waals surface area contributed by atoms with Gasteiger partial charge in [0, 0.05) is 11.8 Å². The smallest absolute Gasteiger partial charge is 0.348 e. The molecule has 0 amide bonds. The average Bonchev–Trinajstić information content (AvgIpc) is 2.90. The fourth-order valence-corrected chi connectivity index (χ4v) is 2.33. The highest BCUT2D eigenvalue weighted by Gasteiger charge is 2.14. The molecule has 4 rings (SSSR count). The number of nitrogens with two attached hydrogens (primary N) is 1. The van der Waals surface area contributed by atoms with Gasteiger partial charge in [-0.25, -0.2) is 19.3 Å². The van der Waals surface area contributed by atoms with Crippen LogP contribution >= 0.6 is 0 Å². The number of ether oxygens (including phenoxy) is 1. The molecule has 0 saturated heterocycles. The maximum absolute atomic E-state index is 12.0. The van der Waals surface area contributed by atoms with Crippen LogP contribution in [0.5, 0.6) is 11.6 Å². The topological polar surface area (TPSA) is 98.3 Å². The van der Waals surface area contributed by atoms with Gasteiger partial charge in [-0.05, 0) is 24.3 Å². The molecule has 4 aromatic rings. The van der Waals surface area contributed by atoms with E-state index in [1.54, 1.807) is 36.4 Å². The van der Waals surface area contributed by atoms with Crippen molar-refractivity contribution in [2.24, 2.45) is 0 Å². The number of para-hydroxylation sites is 2. The van der Waals surface area contributed by atoms with Crippen molar-refractivity contribution < 1.29 is 4.74 Å². The summed E-state index contributed by atoms with van der Waals surface area (Å²) in [6, 6.07) is 14.3. The Kier molecular flexibility index (Phi) is 2.59. The van der Waals surface area contributed by atoms with Gasteiger partial charge in [0.15, 0.2) is 0 Å². The van der Waals surface area contributed by atoms with Crippen LogP contribution in [0.15, 0.2) is 53.3 Å². The van der Waals surface area contributed by atoms with Gasteiger partial charge in [-0.15, -0.1) is 5.10 Å². The van der Waals surface area contributed by atoms with E-state index in [0.29, 0.717) is 28.1 Å². The molecule has 7 heteroatoms. The summed E-state index contributed by atoms with van der Waals surface area (Å²) in [6.07, 6.45) is 0. The number of aromatic amines is 1. The van der Waals surface area contributed by atoms with E-state index in [1.165, 1.54) is 4.40 Å². The zero-order valence-corrected chi connectivity index (χ0v) is 11.4. The molecule has 0 bridgehead atoms. The second kappa shape index (κ2) is 4.59. The predicted octanol–water partition coefficient (Wildman–Crippen LogP) is 1.95. The van der Waals surface area contributed by atoms with Gasteiger partial charge in [0.1, 0.15) is 5.75 Å². The fraction of sp³-hybridized carbons (Fsp3) is 0. The molecule has 0 aliphatic carbocycles. The number of anilines is 1. The Morgan fingerprint density at radius 1 is 1.14 bits per heavy atom. The summed E-state index contributed by atoms with van der Waals surface area (Å²) >= 11 is 0. The summed E-state index contributed by atoms with van der Waals surface area (Å²) in [6.45, 7) is 0. The lowest BCUT2D eigenvalue weighted by atomic mass is 10.3. The lowest BCUT2D eigenvalue weighted by Gasteiger charge is -2.08. The van der Waals surface area contributed by atoms with Crippen LogP contribution in [0, 0.1) is 0 Å². The molecule has 0 unspecified atom stereocenters. The quantitative estimate of drug-likeness (QED) is 0.550. The van der Waals surface area contributed by atoms with E-state index >= 15 is 0 Å². The number of rotatable bonds is 2. The monoisotopic (exact) mass is 293 g/mol. The van der Waals surface area contributed by atoms with Crippen LogP contribution in [0.25, 0.3) is 16.7 Å². The van der Waals surface area contributed by atoms with Gasteiger partial charge in [-0.1, -0.05) is 18.2 Å². The molecular formula is C15H11N5O2. The molecule has 0 fully saturated rings. The van der Waals surface area contributed by atoms with Crippen molar-refractivity contribution in [3.8, 4) is 11.6 Å². The predicted molar refractivity (Wildman–Crippen MR) is 82.0 cm³/mol. The lowest BCUT2D eigenvalue weighted by molar-refractivity contribution is 0.467. The molecule has 2 aromatic heterocycles. The Balaban J connectivity index is 1.98. The molecule has 0 spiro atoms. The number of nitrogens with zero attached hydrogens (tertiary/aromatic N) is 3. The maximum atomic E-state index is 12.0. The second-order valence-electron chi connectivity index (χ2n) is 4.77. The molecule has 7 nitrogen and oxygen atoms in total. The van der Waals surface area contributed by atoms with Crippen LogP contribution in [-0.2, 0) is 0 Å². The molecular weight excluding hydrogens is 282 g/mol. The van der Waals surface area contributed by atoms with Crippen molar-refractivity contribution in [3.63, 3.8) is 0 Å². The molecule has 0 saturated carbocycles. The number of hydrogen-bond acceptors (Lipinski definition) is 5. The van der Waals surface area contributed by atoms with E-state index in [9.17, 15) is 4.79 Å². The summed E-state index contributed by atoms with van der Waals surface area (Å²) in [5, 5.41) is 6.41. The largest absolute Gasteiger partial charge is 0.436 e. The van der Waals surface area contributed by atoms with Crippen molar-refractivity contribution in [3.05, 3.63) is 59.0 Å². The van der Waals surface area contributed by atoms with Crippen LogP contribution in [0.1, 0.15) is 0 Å². The van der Waals surface area contributed by atoms with Crippen molar-refractivity contribution >= 4 is 22.4 Å². The Hall–Kier alpha value is -3.35. The highest BCUT2D eigenvalue weighted by molar-refractivity contribution is 5.79. The third-order valence-electron chi connectivity index (χ3n) is 3.28. The third kappa shape index (κ3) is 1.87. The molecule has 22 heavy (non-hydrogen) atoms.